The van der Waals surface area contributed by atoms with Gasteiger partial charge < -0.3 is 10.2 Å². The number of aryl methyl sites for hydroxylation is 1. The number of hydrogen-bond donors (Lipinski definition) is 1. The second kappa shape index (κ2) is 6.59. The van der Waals surface area contributed by atoms with Gasteiger partial charge in [-0.15, -0.1) is 0 Å². The Morgan fingerprint density at radius 3 is 2.83 bits per heavy atom. The lowest BCUT2D eigenvalue weighted by Gasteiger charge is -2.30. The van der Waals surface area contributed by atoms with Crippen LogP contribution in [0, 0.1) is 0 Å². The van der Waals surface area contributed by atoms with Crippen molar-refractivity contribution in [1.82, 2.24) is 15.3 Å². The smallest absolute Gasteiger partial charge is 0.270 e. The second-order valence-electron chi connectivity index (χ2n) is 6.60. The number of nitrogens with one attached hydrogen (secondary N) is 1. The van der Waals surface area contributed by atoms with E-state index in [0.717, 1.165) is 38.0 Å². The van der Waals surface area contributed by atoms with Crippen LogP contribution in [0.5, 0.6) is 0 Å². The number of fused-ring (bicyclic) bond motifs is 1. The summed E-state index contributed by atoms with van der Waals surface area (Å²) in [5.74, 6) is 0.713. The summed E-state index contributed by atoms with van der Waals surface area (Å²) < 4.78 is 0. The highest BCUT2D eigenvalue weighted by Crippen LogP contribution is 2.32. The Hall–Kier alpha value is -2.43. The number of hydrogen-bond acceptors (Lipinski definition) is 4. The Balaban J connectivity index is 1.58. The van der Waals surface area contributed by atoms with Crippen molar-refractivity contribution in [2.45, 2.75) is 44.6 Å². The van der Waals surface area contributed by atoms with Crippen molar-refractivity contribution in [3.05, 3.63) is 47.9 Å². The van der Waals surface area contributed by atoms with Crippen molar-refractivity contribution in [3.63, 3.8) is 0 Å². The van der Waals surface area contributed by atoms with Crippen molar-refractivity contribution >= 4 is 17.4 Å². The molecule has 1 amide bonds. The Morgan fingerprint density at radius 2 is 1.96 bits per heavy atom. The fourth-order valence-electron chi connectivity index (χ4n) is 3.72. The molecule has 1 N–H and O–H groups in total. The van der Waals surface area contributed by atoms with E-state index in [1.165, 1.54) is 30.4 Å². The van der Waals surface area contributed by atoms with E-state index in [-0.39, 0.29) is 5.91 Å². The minimum atomic E-state index is -0.0872. The zero-order chi connectivity index (χ0) is 16.4. The summed E-state index contributed by atoms with van der Waals surface area (Å²) in [5.41, 5.74) is 2.97. The van der Waals surface area contributed by atoms with Gasteiger partial charge >= 0.3 is 0 Å². The van der Waals surface area contributed by atoms with Gasteiger partial charge in [-0.3, -0.25) is 4.79 Å². The van der Waals surface area contributed by atoms with E-state index < -0.39 is 0 Å². The molecule has 2 aromatic rings. The van der Waals surface area contributed by atoms with Crippen LogP contribution in [-0.4, -0.2) is 28.5 Å². The molecule has 1 saturated carbocycles. The Kier molecular flexibility index (Phi) is 4.15. The molecule has 1 aliphatic heterocycles. The summed E-state index contributed by atoms with van der Waals surface area (Å²) in [4.78, 5) is 23.2. The molecule has 124 valence electrons. The highest BCUT2D eigenvalue weighted by Gasteiger charge is 2.22. The molecule has 0 saturated heterocycles. The standard InChI is InChI=1S/C19H22N4O/c24-19(22-15-8-2-3-9-15)16-12-18(21-13-20-16)23-11-5-7-14-6-1-4-10-17(14)23/h1,4,6,10,12-13,15H,2-3,5,7-9,11H2,(H,22,24). The average molecular weight is 322 g/mol. The van der Waals surface area contributed by atoms with E-state index in [2.05, 4.69) is 38.4 Å². The summed E-state index contributed by atoms with van der Waals surface area (Å²) in [6.45, 7) is 0.914. The maximum Gasteiger partial charge on any atom is 0.270 e. The van der Waals surface area contributed by atoms with E-state index in [1.54, 1.807) is 0 Å². The van der Waals surface area contributed by atoms with Crippen LogP contribution < -0.4 is 10.2 Å². The quantitative estimate of drug-likeness (QED) is 0.942. The lowest BCUT2D eigenvalue weighted by molar-refractivity contribution is 0.0932. The van der Waals surface area contributed by atoms with Crippen LogP contribution in [0.3, 0.4) is 0 Å². The fraction of sp³-hybridized carbons (Fsp3) is 0.421. The SMILES string of the molecule is O=C(NC1CCCC1)c1cc(N2CCCc3ccccc32)ncn1. The van der Waals surface area contributed by atoms with Crippen LogP contribution in [0.2, 0.25) is 0 Å². The van der Waals surface area contributed by atoms with Crippen molar-refractivity contribution in [2.75, 3.05) is 11.4 Å². The second-order valence-corrected chi connectivity index (χ2v) is 6.60. The number of aromatic nitrogens is 2. The van der Waals surface area contributed by atoms with Gasteiger partial charge in [-0.1, -0.05) is 31.0 Å². The number of carbonyl (C=O) groups is 1. The van der Waals surface area contributed by atoms with Crippen LogP contribution >= 0.6 is 0 Å². The maximum atomic E-state index is 12.5. The topological polar surface area (TPSA) is 58.1 Å². The number of anilines is 2. The lowest BCUT2D eigenvalue weighted by atomic mass is 10.0. The van der Waals surface area contributed by atoms with E-state index in [9.17, 15) is 4.79 Å². The number of carbonyl (C=O) groups excluding carboxylic acids is 1. The molecule has 0 unspecified atom stereocenters. The van der Waals surface area contributed by atoms with Gasteiger partial charge in [0, 0.05) is 24.3 Å². The largest absolute Gasteiger partial charge is 0.348 e. The van der Waals surface area contributed by atoms with Crippen molar-refractivity contribution in [3.8, 4) is 0 Å². The molecule has 2 aliphatic rings. The van der Waals surface area contributed by atoms with Gasteiger partial charge in [0.2, 0.25) is 0 Å². The molecule has 4 rings (SSSR count). The van der Waals surface area contributed by atoms with Crippen LogP contribution in [0.25, 0.3) is 0 Å². The van der Waals surface area contributed by atoms with Gasteiger partial charge in [0.1, 0.15) is 17.8 Å². The molecule has 2 heterocycles. The first-order valence-electron chi connectivity index (χ1n) is 8.79. The number of rotatable bonds is 3. The minimum Gasteiger partial charge on any atom is -0.348 e. The summed E-state index contributed by atoms with van der Waals surface area (Å²) in [6, 6.07) is 10.5. The van der Waals surface area contributed by atoms with Gasteiger partial charge in [-0.25, -0.2) is 9.97 Å². The summed E-state index contributed by atoms with van der Waals surface area (Å²) in [5, 5.41) is 3.10. The third kappa shape index (κ3) is 2.98. The minimum absolute atomic E-state index is 0.0872. The molecule has 1 aromatic carbocycles. The monoisotopic (exact) mass is 322 g/mol. The van der Waals surface area contributed by atoms with Crippen LogP contribution in [0.4, 0.5) is 11.5 Å². The van der Waals surface area contributed by atoms with Gasteiger partial charge in [0.15, 0.2) is 0 Å². The Morgan fingerprint density at radius 1 is 1.12 bits per heavy atom. The predicted molar refractivity (Wildman–Crippen MR) is 93.5 cm³/mol. The lowest BCUT2D eigenvalue weighted by Crippen LogP contribution is -2.33. The number of benzene rings is 1. The molecule has 24 heavy (non-hydrogen) atoms. The first-order chi connectivity index (χ1) is 11.8. The molecule has 0 atom stereocenters. The molecular weight excluding hydrogens is 300 g/mol. The average Bonchev–Trinajstić information content (AvgIpc) is 3.14. The van der Waals surface area contributed by atoms with Gasteiger partial charge in [-0.2, -0.15) is 0 Å². The maximum absolute atomic E-state index is 12.5. The Bertz CT molecular complexity index is 740. The third-order valence-corrected chi connectivity index (χ3v) is 4.96. The van der Waals surface area contributed by atoms with E-state index >= 15 is 0 Å². The summed E-state index contributed by atoms with van der Waals surface area (Å²) in [7, 11) is 0. The molecule has 1 aliphatic carbocycles. The Labute approximate surface area is 142 Å². The highest BCUT2D eigenvalue weighted by atomic mass is 16.1. The highest BCUT2D eigenvalue weighted by molar-refractivity contribution is 5.93. The zero-order valence-electron chi connectivity index (χ0n) is 13.7. The fourth-order valence-corrected chi connectivity index (χ4v) is 3.72. The first-order valence-corrected chi connectivity index (χ1v) is 8.79. The number of amides is 1. The van der Waals surface area contributed by atoms with Gasteiger partial charge in [0.05, 0.1) is 0 Å². The molecule has 1 aromatic heterocycles. The third-order valence-electron chi connectivity index (χ3n) is 4.96. The predicted octanol–water partition coefficient (Wildman–Crippen LogP) is 3.23. The van der Waals surface area contributed by atoms with Crippen molar-refractivity contribution in [2.24, 2.45) is 0 Å². The summed E-state index contributed by atoms with van der Waals surface area (Å²) >= 11 is 0. The van der Waals surface area contributed by atoms with Gasteiger partial charge in [0.25, 0.3) is 5.91 Å². The molecule has 0 radical (unpaired) electrons. The zero-order valence-corrected chi connectivity index (χ0v) is 13.7. The molecule has 0 bridgehead atoms. The molecular formula is C19H22N4O. The van der Waals surface area contributed by atoms with Crippen LogP contribution in [-0.2, 0) is 6.42 Å². The van der Waals surface area contributed by atoms with E-state index in [0.29, 0.717) is 11.7 Å². The molecule has 0 spiro atoms. The van der Waals surface area contributed by atoms with Crippen molar-refractivity contribution in [1.29, 1.82) is 0 Å². The molecule has 5 heteroatoms. The first kappa shape index (κ1) is 15.1. The number of para-hydroxylation sites is 1. The number of nitrogens with zero attached hydrogens (tertiary/aromatic N) is 3. The van der Waals surface area contributed by atoms with Crippen LogP contribution in [0.1, 0.15) is 48.2 Å². The van der Waals surface area contributed by atoms with Crippen molar-refractivity contribution < 1.29 is 4.79 Å². The van der Waals surface area contributed by atoms with E-state index in [4.69, 9.17) is 0 Å². The molecule has 5 nitrogen and oxygen atoms in total. The van der Waals surface area contributed by atoms with E-state index in [1.807, 2.05) is 12.1 Å². The summed E-state index contributed by atoms with van der Waals surface area (Å²) in [6.07, 6.45) is 8.22. The van der Waals surface area contributed by atoms with Crippen LogP contribution in [0.15, 0.2) is 36.7 Å². The normalized spacial score (nSPS) is 17.6. The molecule has 1 fully saturated rings. The van der Waals surface area contributed by atoms with Gasteiger partial charge in [-0.05, 0) is 37.3 Å².